The Morgan fingerprint density at radius 2 is 2.00 bits per heavy atom. The van der Waals surface area contributed by atoms with Gasteiger partial charge in [0, 0.05) is 12.0 Å². The van der Waals surface area contributed by atoms with Crippen molar-refractivity contribution in [2.75, 3.05) is 13.7 Å². The topological polar surface area (TPSA) is 55.4 Å². The van der Waals surface area contributed by atoms with Crippen LogP contribution >= 0.6 is 15.9 Å². The second-order valence-corrected chi connectivity index (χ2v) is 5.65. The number of carbonyl (C=O) groups excluding carboxylic acids is 2. The van der Waals surface area contributed by atoms with Gasteiger partial charge in [0.2, 0.25) is 5.91 Å². The van der Waals surface area contributed by atoms with E-state index in [-0.39, 0.29) is 23.8 Å². The zero-order valence-corrected chi connectivity index (χ0v) is 12.0. The van der Waals surface area contributed by atoms with Crippen LogP contribution in [0.15, 0.2) is 0 Å². The standard InChI is InChI=1S/C12H20BrNO3/c1-3-12(6-4-5-7-12)11(16)14-8-9(13)10(15)17-2/h9H,3-8H2,1-2H3,(H,14,16). The third-order valence-electron chi connectivity index (χ3n) is 3.62. The van der Waals surface area contributed by atoms with Crippen LogP contribution < -0.4 is 5.32 Å². The minimum absolute atomic E-state index is 0.0749. The van der Waals surface area contributed by atoms with Crippen LogP contribution in [-0.4, -0.2) is 30.4 Å². The van der Waals surface area contributed by atoms with Gasteiger partial charge < -0.3 is 10.1 Å². The molecule has 1 atom stereocenters. The van der Waals surface area contributed by atoms with Crippen LogP contribution in [0.3, 0.4) is 0 Å². The van der Waals surface area contributed by atoms with E-state index < -0.39 is 4.83 Å². The van der Waals surface area contributed by atoms with Crippen molar-refractivity contribution in [3.05, 3.63) is 0 Å². The molecule has 1 aliphatic rings. The van der Waals surface area contributed by atoms with E-state index in [1.165, 1.54) is 7.11 Å². The maximum absolute atomic E-state index is 12.1. The molecule has 1 N–H and O–H groups in total. The fraction of sp³-hybridized carbons (Fsp3) is 0.833. The lowest BCUT2D eigenvalue weighted by Gasteiger charge is -2.26. The van der Waals surface area contributed by atoms with Crippen LogP contribution in [0, 0.1) is 5.41 Å². The summed E-state index contributed by atoms with van der Waals surface area (Å²) in [6.07, 6.45) is 5.02. The van der Waals surface area contributed by atoms with Crippen LogP contribution in [0.4, 0.5) is 0 Å². The Morgan fingerprint density at radius 1 is 1.41 bits per heavy atom. The van der Waals surface area contributed by atoms with Gasteiger partial charge in [-0.3, -0.25) is 9.59 Å². The molecule has 0 aromatic rings. The normalized spacial score (nSPS) is 19.7. The Morgan fingerprint density at radius 3 is 2.47 bits per heavy atom. The molecule has 0 heterocycles. The van der Waals surface area contributed by atoms with E-state index >= 15 is 0 Å². The van der Waals surface area contributed by atoms with Crippen molar-refractivity contribution in [2.24, 2.45) is 5.41 Å². The number of methoxy groups -OCH3 is 1. The van der Waals surface area contributed by atoms with Crippen molar-refractivity contribution in [3.8, 4) is 0 Å². The highest BCUT2D eigenvalue weighted by Crippen LogP contribution is 2.41. The molecule has 0 radical (unpaired) electrons. The second kappa shape index (κ2) is 6.38. The predicted molar refractivity (Wildman–Crippen MR) is 68.9 cm³/mol. The highest BCUT2D eigenvalue weighted by molar-refractivity contribution is 9.10. The van der Waals surface area contributed by atoms with Crippen molar-refractivity contribution in [1.29, 1.82) is 0 Å². The lowest BCUT2D eigenvalue weighted by atomic mass is 9.82. The lowest BCUT2D eigenvalue weighted by Crippen LogP contribution is -2.42. The van der Waals surface area contributed by atoms with Crippen molar-refractivity contribution in [1.82, 2.24) is 5.32 Å². The fourth-order valence-corrected chi connectivity index (χ4v) is 2.72. The lowest BCUT2D eigenvalue weighted by molar-refractivity contribution is -0.139. The molecule has 0 aromatic carbocycles. The summed E-state index contributed by atoms with van der Waals surface area (Å²) in [5.74, 6) is -0.284. The molecule has 17 heavy (non-hydrogen) atoms. The third kappa shape index (κ3) is 3.44. The van der Waals surface area contributed by atoms with E-state index in [9.17, 15) is 9.59 Å². The van der Waals surface area contributed by atoms with E-state index in [0.29, 0.717) is 0 Å². The van der Waals surface area contributed by atoms with Gasteiger partial charge in [0.1, 0.15) is 4.83 Å². The molecule has 1 aliphatic carbocycles. The minimum atomic E-state index is -0.466. The number of rotatable bonds is 5. The number of hydrogen-bond donors (Lipinski definition) is 1. The number of hydrogen-bond acceptors (Lipinski definition) is 3. The maximum Gasteiger partial charge on any atom is 0.321 e. The SMILES string of the molecule is CCC1(C(=O)NCC(Br)C(=O)OC)CCCC1. The summed E-state index contributed by atoms with van der Waals surface area (Å²) in [6, 6.07) is 0. The Bertz CT molecular complexity index is 287. The number of nitrogens with one attached hydrogen (secondary N) is 1. The molecule has 1 rings (SSSR count). The van der Waals surface area contributed by atoms with Gasteiger partial charge in [-0.15, -0.1) is 0 Å². The van der Waals surface area contributed by atoms with Gasteiger partial charge in [-0.1, -0.05) is 35.7 Å². The largest absolute Gasteiger partial charge is 0.468 e. The van der Waals surface area contributed by atoms with Crippen LogP contribution in [0.2, 0.25) is 0 Å². The number of carbonyl (C=O) groups is 2. The smallest absolute Gasteiger partial charge is 0.321 e. The van der Waals surface area contributed by atoms with Crippen LogP contribution in [0.25, 0.3) is 0 Å². The number of esters is 1. The minimum Gasteiger partial charge on any atom is -0.468 e. The first kappa shape index (κ1) is 14.5. The fourth-order valence-electron chi connectivity index (χ4n) is 2.37. The van der Waals surface area contributed by atoms with Crippen molar-refractivity contribution < 1.29 is 14.3 Å². The average molecular weight is 306 g/mol. The van der Waals surface area contributed by atoms with E-state index in [1.807, 2.05) is 0 Å². The molecular formula is C12H20BrNO3. The van der Waals surface area contributed by atoms with Crippen LogP contribution in [0.1, 0.15) is 39.0 Å². The van der Waals surface area contributed by atoms with Gasteiger partial charge >= 0.3 is 5.97 Å². The summed E-state index contributed by atoms with van der Waals surface area (Å²) in [4.78, 5) is 22.8. The molecule has 0 bridgehead atoms. The molecular weight excluding hydrogens is 286 g/mol. The van der Waals surface area contributed by atoms with Gasteiger partial charge in [0.25, 0.3) is 0 Å². The van der Waals surface area contributed by atoms with Crippen molar-refractivity contribution in [2.45, 2.75) is 43.9 Å². The van der Waals surface area contributed by atoms with Crippen LogP contribution in [0.5, 0.6) is 0 Å². The number of halogens is 1. The Labute approximate surface area is 111 Å². The molecule has 4 nitrogen and oxygen atoms in total. The van der Waals surface area contributed by atoms with Crippen molar-refractivity contribution in [3.63, 3.8) is 0 Å². The summed E-state index contributed by atoms with van der Waals surface area (Å²) in [7, 11) is 1.34. The molecule has 1 amide bonds. The van der Waals surface area contributed by atoms with E-state index in [0.717, 1.165) is 32.1 Å². The summed E-state index contributed by atoms with van der Waals surface area (Å²) >= 11 is 3.19. The molecule has 0 spiro atoms. The predicted octanol–water partition coefficient (Wildman–Crippen LogP) is 2.01. The zero-order valence-electron chi connectivity index (χ0n) is 10.4. The van der Waals surface area contributed by atoms with E-state index in [2.05, 4.69) is 32.9 Å². The number of ether oxygens (including phenoxy) is 1. The highest BCUT2D eigenvalue weighted by atomic mass is 79.9. The maximum atomic E-state index is 12.1. The van der Waals surface area contributed by atoms with Gasteiger partial charge in [-0.25, -0.2) is 0 Å². The average Bonchev–Trinajstić information content (AvgIpc) is 2.84. The second-order valence-electron chi connectivity index (χ2n) is 4.54. The van der Waals surface area contributed by atoms with Gasteiger partial charge in [0.05, 0.1) is 7.11 Å². The number of alkyl halides is 1. The molecule has 1 saturated carbocycles. The highest BCUT2D eigenvalue weighted by Gasteiger charge is 2.39. The van der Waals surface area contributed by atoms with Gasteiger partial charge in [-0.2, -0.15) is 0 Å². The van der Waals surface area contributed by atoms with E-state index in [1.54, 1.807) is 0 Å². The Balaban J connectivity index is 2.46. The van der Waals surface area contributed by atoms with Gasteiger partial charge in [-0.05, 0) is 19.3 Å². The first-order valence-corrected chi connectivity index (χ1v) is 6.97. The number of amides is 1. The summed E-state index contributed by atoms with van der Waals surface area (Å²) in [6.45, 7) is 2.34. The van der Waals surface area contributed by atoms with Crippen LogP contribution in [-0.2, 0) is 14.3 Å². The first-order valence-electron chi connectivity index (χ1n) is 6.06. The quantitative estimate of drug-likeness (QED) is 0.624. The van der Waals surface area contributed by atoms with Crippen molar-refractivity contribution >= 4 is 27.8 Å². The van der Waals surface area contributed by atoms with Gasteiger partial charge in [0.15, 0.2) is 0 Å². The zero-order chi connectivity index (χ0) is 12.9. The summed E-state index contributed by atoms with van der Waals surface area (Å²) in [5, 5.41) is 2.84. The molecule has 0 aromatic heterocycles. The molecule has 98 valence electrons. The summed E-state index contributed by atoms with van der Waals surface area (Å²) in [5.41, 5.74) is -0.206. The molecule has 1 unspecified atom stereocenters. The van der Waals surface area contributed by atoms with E-state index in [4.69, 9.17) is 0 Å². The molecule has 0 aliphatic heterocycles. The monoisotopic (exact) mass is 305 g/mol. The Kier molecular flexibility index (Phi) is 5.43. The molecule has 0 saturated heterocycles. The molecule has 5 heteroatoms. The summed E-state index contributed by atoms with van der Waals surface area (Å²) < 4.78 is 4.58. The first-order chi connectivity index (χ1) is 8.05. The Hall–Kier alpha value is -0.580. The third-order valence-corrected chi connectivity index (χ3v) is 4.32. The molecule has 1 fully saturated rings.